The maximum atomic E-state index is 13.2. The first-order valence-corrected chi connectivity index (χ1v) is 13.1. The van der Waals surface area contributed by atoms with Gasteiger partial charge in [0.1, 0.15) is 29.9 Å². The number of halogens is 4. The number of nitriles is 1. The lowest BCUT2D eigenvalue weighted by atomic mass is 10.1. The highest BCUT2D eigenvalue weighted by molar-refractivity contribution is 7.25. The molecule has 0 saturated heterocycles. The third kappa shape index (κ3) is 4.82. The Hall–Kier alpha value is -3.99. The maximum absolute atomic E-state index is 13.2. The van der Waals surface area contributed by atoms with Gasteiger partial charge in [0.2, 0.25) is 0 Å². The summed E-state index contributed by atoms with van der Waals surface area (Å²) >= 11 is 8.50. The second-order valence-electron chi connectivity index (χ2n) is 8.28. The van der Waals surface area contributed by atoms with Gasteiger partial charge < -0.3 is 9.84 Å². The lowest BCUT2D eigenvalue weighted by molar-refractivity contribution is -0.137. The smallest absolute Gasteiger partial charge is 0.416 e. The molecule has 5 rings (SSSR count). The second kappa shape index (κ2) is 9.96. The van der Waals surface area contributed by atoms with Crippen molar-refractivity contribution in [2.45, 2.75) is 19.6 Å². The Balaban J connectivity index is 1.47. The van der Waals surface area contributed by atoms with E-state index in [4.69, 9.17) is 16.3 Å². The number of alkyl halides is 3. The fourth-order valence-electron chi connectivity index (χ4n) is 4.08. The normalized spacial score (nSPS) is 11.7. The van der Waals surface area contributed by atoms with Crippen LogP contribution in [0.25, 0.3) is 31.6 Å². The van der Waals surface area contributed by atoms with Crippen molar-refractivity contribution in [3.63, 3.8) is 0 Å². The number of aromatic carboxylic acids is 1. The van der Waals surface area contributed by atoms with E-state index >= 15 is 0 Å². The molecule has 0 unspecified atom stereocenters. The van der Waals surface area contributed by atoms with Gasteiger partial charge in [-0.15, -0.1) is 11.3 Å². The van der Waals surface area contributed by atoms with E-state index in [9.17, 15) is 33.1 Å². The minimum absolute atomic E-state index is 0.0177. The van der Waals surface area contributed by atoms with Gasteiger partial charge in [0, 0.05) is 16.0 Å². The zero-order valence-corrected chi connectivity index (χ0v) is 22.1. The number of carbonyl (C=O) groups is 1. The van der Waals surface area contributed by atoms with Gasteiger partial charge in [-0.05, 0) is 48.8 Å². The number of aromatic nitrogens is 3. The quantitative estimate of drug-likeness (QED) is 0.244. The molecule has 3 aromatic heterocycles. The van der Waals surface area contributed by atoms with Gasteiger partial charge in [0.05, 0.1) is 43.5 Å². The summed E-state index contributed by atoms with van der Waals surface area (Å²) in [6.45, 7) is 1.42. The number of benzene rings is 2. The van der Waals surface area contributed by atoms with Gasteiger partial charge in [-0.3, -0.25) is 9.36 Å². The van der Waals surface area contributed by atoms with Crippen molar-refractivity contribution in [1.82, 2.24) is 13.9 Å². The maximum Gasteiger partial charge on any atom is 0.416 e. The summed E-state index contributed by atoms with van der Waals surface area (Å²) in [5, 5.41) is 20.6. The Morgan fingerprint density at radius 2 is 2.03 bits per heavy atom. The molecule has 2 aromatic carbocycles. The molecule has 0 saturated carbocycles. The number of nitrogens with zero attached hydrogens (tertiary/aromatic N) is 4. The van der Waals surface area contributed by atoms with Crippen LogP contribution in [-0.4, -0.2) is 31.6 Å². The molecule has 3 heterocycles. The number of hydrogen-bond donors (Lipinski definition) is 1. The molecule has 0 aliphatic rings. The summed E-state index contributed by atoms with van der Waals surface area (Å²) < 4.78 is 52.5. The van der Waals surface area contributed by atoms with Gasteiger partial charge in [-0.25, -0.2) is 9.78 Å². The van der Waals surface area contributed by atoms with E-state index in [0.717, 1.165) is 17.6 Å². The van der Waals surface area contributed by atoms with Crippen LogP contribution >= 0.6 is 34.5 Å². The number of rotatable bonds is 6. The van der Waals surface area contributed by atoms with E-state index in [2.05, 4.69) is 9.36 Å². The standard InChI is InChI=1S/C25H14ClF3N4O4S2/c1-11-31-17-7-13(25(27,28)29)6-12(9-30)19(17)23(34)33(11)4-5-37-18-3-2-14(26)8-15(18)20-22-21(39-32-20)16(10-38-22)24(35)36/h2-3,6-8,10H,4-5H2,1H3,(H,35,36). The first kappa shape index (κ1) is 26.6. The van der Waals surface area contributed by atoms with E-state index in [1.165, 1.54) is 28.2 Å². The molecule has 0 amide bonds. The van der Waals surface area contributed by atoms with Crippen molar-refractivity contribution in [3.05, 3.63) is 73.6 Å². The summed E-state index contributed by atoms with van der Waals surface area (Å²) in [5.41, 5.74) is -1.18. The molecule has 5 aromatic rings. The van der Waals surface area contributed by atoms with Gasteiger partial charge in [-0.2, -0.15) is 22.8 Å². The van der Waals surface area contributed by atoms with Gasteiger partial charge in [-0.1, -0.05) is 11.6 Å². The van der Waals surface area contributed by atoms with Crippen molar-refractivity contribution < 1.29 is 27.8 Å². The second-order valence-corrected chi connectivity index (χ2v) is 10.4. The summed E-state index contributed by atoms with van der Waals surface area (Å²) in [5.74, 6) is -0.529. The van der Waals surface area contributed by atoms with Crippen LogP contribution in [0.15, 0.2) is 40.5 Å². The highest BCUT2D eigenvalue weighted by atomic mass is 35.5. The predicted octanol–water partition coefficient (Wildman–Crippen LogP) is 6.36. The van der Waals surface area contributed by atoms with Gasteiger partial charge in [0.15, 0.2) is 0 Å². The van der Waals surface area contributed by atoms with Crippen LogP contribution in [0.2, 0.25) is 5.02 Å². The van der Waals surface area contributed by atoms with Crippen LogP contribution in [0.1, 0.15) is 27.3 Å². The SMILES string of the molecule is Cc1nc2cc(C(F)(F)F)cc(C#N)c2c(=O)n1CCOc1ccc(Cl)cc1-c1nsc2c(C(=O)O)csc12. The molecule has 0 fully saturated rings. The Bertz CT molecular complexity index is 1890. The minimum Gasteiger partial charge on any atom is -0.491 e. The van der Waals surface area contributed by atoms with E-state index in [0.29, 0.717) is 37.5 Å². The largest absolute Gasteiger partial charge is 0.491 e. The number of aryl methyl sites for hydroxylation is 1. The third-order valence-corrected chi connectivity index (χ3v) is 8.12. The van der Waals surface area contributed by atoms with Crippen LogP contribution in [0.5, 0.6) is 5.75 Å². The molecule has 0 aliphatic carbocycles. The van der Waals surface area contributed by atoms with Crippen LogP contribution < -0.4 is 10.3 Å². The molecule has 8 nitrogen and oxygen atoms in total. The number of carboxylic acid groups (broad SMARTS) is 1. The van der Waals surface area contributed by atoms with Crippen molar-refractivity contribution in [2.24, 2.45) is 0 Å². The van der Waals surface area contributed by atoms with E-state index in [-0.39, 0.29) is 35.4 Å². The lowest BCUT2D eigenvalue weighted by Gasteiger charge is -2.15. The fourth-order valence-corrected chi connectivity index (χ4v) is 6.38. The van der Waals surface area contributed by atoms with Crippen LogP contribution in [0, 0.1) is 18.3 Å². The molecule has 198 valence electrons. The summed E-state index contributed by atoms with van der Waals surface area (Å²) in [4.78, 5) is 28.8. The fraction of sp³-hybridized carbons (Fsp3) is 0.160. The number of ether oxygens (including phenoxy) is 1. The molecule has 0 bridgehead atoms. The summed E-state index contributed by atoms with van der Waals surface area (Å²) in [6, 6.07) is 7.91. The molecule has 0 atom stereocenters. The first-order valence-electron chi connectivity index (χ1n) is 11.0. The highest BCUT2D eigenvalue weighted by Gasteiger charge is 2.32. The zero-order chi connectivity index (χ0) is 28.1. The zero-order valence-electron chi connectivity index (χ0n) is 19.7. The Labute approximate surface area is 230 Å². The van der Waals surface area contributed by atoms with Gasteiger partial charge >= 0.3 is 12.1 Å². The molecular formula is C25H14ClF3N4O4S2. The Morgan fingerprint density at radius 1 is 1.26 bits per heavy atom. The minimum atomic E-state index is -4.70. The number of thiophene rings is 1. The van der Waals surface area contributed by atoms with Crippen molar-refractivity contribution >= 4 is 60.7 Å². The molecular weight excluding hydrogens is 577 g/mol. The highest BCUT2D eigenvalue weighted by Crippen LogP contribution is 2.42. The molecule has 14 heteroatoms. The van der Waals surface area contributed by atoms with E-state index < -0.39 is 28.8 Å². The molecule has 39 heavy (non-hydrogen) atoms. The topological polar surface area (TPSA) is 118 Å². The monoisotopic (exact) mass is 590 g/mol. The molecule has 0 spiro atoms. The average Bonchev–Trinajstić information content (AvgIpc) is 3.47. The molecule has 0 aliphatic heterocycles. The van der Waals surface area contributed by atoms with Crippen molar-refractivity contribution in [2.75, 3.05) is 6.61 Å². The Kier molecular flexibility index (Phi) is 6.79. The predicted molar refractivity (Wildman–Crippen MR) is 141 cm³/mol. The third-order valence-electron chi connectivity index (χ3n) is 5.89. The van der Waals surface area contributed by atoms with Crippen LogP contribution in [0.4, 0.5) is 13.2 Å². The summed E-state index contributed by atoms with van der Waals surface area (Å²) in [7, 11) is 0. The van der Waals surface area contributed by atoms with Gasteiger partial charge in [0.25, 0.3) is 5.56 Å². The first-order chi connectivity index (χ1) is 18.5. The number of carboxylic acids is 1. The van der Waals surface area contributed by atoms with Crippen molar-refractivity contribution in [3.8, 4) is 23.1 Å². The number of hydrogen-bond acceptors (Lipinski definition) is 8. The molecule has 0 radical (unpaired) electrons. The van der Waals surface area contributed by atoms with Crippen LogP contribution in [0.3, 0.4) is 0 Å². The van der Waals surface area contributed by atoms with E-state index in [1.807, 2.05) is 0 Å². The summed E-state index contributed by atoms with van der Waals surface area (Å²) in [6.07, 6.45) is -4.70. The Morgan fingerprint density at radius 3 is 2.72 bits per heavy atom. The lowest BCUT2D eigenvalue weighted by Crippen LogP contribution is -2.27. The number of fused-ring (bicyclic) bond motifs is 2. The van der Waals surface area contributed by atoms with Crippen molar-refractivity contribution in [1.29, 1.82) is 5.26 Å². The average molecular weight is 591 g/mol. The van der Waals surface area contributed by atoms with Crippen LogP contribution in [-0.2, 0) is 12.7 Å². The van der Waals surface area contributed by atoms with E-state index in [1.54, 1.807) is 24.3 Å². The molecule has 1 N–H and O–H groups in total.